The van der Waals surface area contributed by atoms with Crippen LogP contribution in [0.1, 0.15) is 24.5 Å². The standard InChI is InChI=1S/C17H27N3O2/c1-19(2)15-10-7-11-20(13-15)17(21)18-12-16(22-3)14-8-5-4-6-9-14/h4-6,8-9,15-16H,7,10-13H2,1-3H3,(H,18,21)/t15-,16+/m1/s1. The highest BCUT2D eigenvalue weighted by atomic mass is 16.5. The summed E-state index contributed by atoms with van der Waals surface area (Å²) in [4.78, 5) is 16.5. The number of likely N-dealkylation sites (N-methyl/N-ethyl adjacent to an activating group) is 1. The number of carbonyl (C=O) groups is 1. The van der Waals surface area contributed by atoms with Crippen LogP contribution in [0, 0.1) is 0 Å². The lowest BCUT2D eigenvalue weighted by Crippen LogP contribution is -2.51. The first-order valence-electron chi connectivity index (χ1n) is 7.88. The molecule has 0 saturated carbocycles. The van der Waals surface area contributed by atoms with E-state index in [1.807, 2.05) is 35.2 Å². The van der Waals surface area contributed by atoms with Crippen molar-refractivity contribution < 1.29 is 9.53 Å². The lowest BCUT2D eigenvalue weighted by molar-refractivity contribution is 0.0976. The average Bonchev–Trinajstić information content (AvgIpc) is 2.56. The van der Waals surface area contributed by atoms with Crippen LogP contribution in [0.15, 0.2) is 30.3 Å². The number of hydrogen-bond donors (Lipinski definition) is 1. The number of carbonyl (C=O) groups excluding carboxylic acids is 1. The molecule has 0 aromatic heterocycles. The summed E-state index contributed by atoms with van der Waals surface area (Å²) < 4.78 is 5.49. The van der Waals surface area contributed by atoms with E-state index in [1.54, 1.807) is 7.11 Å². The van der Waals surface area contributed by atoms with E-state index in [4.69, 9.17) is 4.74 Å². The summed E-state index contributed by atoms with van der Waals surface area (Å²) in [5, 5.41) is 3.00. The molecule has 0 bridgehead atoms. The number of benzene rings is 1. The van der Waals surface area contributed by atoms with Crippen molar-refractivity contribution in [3.05, 3.63) is 35.9 Å². The number of amides is 2. The number of likely N-dealkylation sites (tertiary alicyclic amines) is 1. The first-order chi connectivity index (χ1) is 10.6. The fourth-order valence-corrected chi connectivity index (χ4v) is 2.86. The van der Waals surface area contributed by atoms with Crippen molar-refractivity contribution in [2.24, 2.45) is 0 Å². The van der Waals surface area contributed by atoms with Crippen LogP contribution in [-0.4, -0.2) is 62.7 Å². The van der Waals surface area contributed by atoms with Gasteiger partial charge in [0.1, 0.15) is 0 Å². The van der Waals surface area contributed by atoms with Gasteiger partial charge in [0.25, 0.3) is 0 Å². The van der Waals surface area contributed by atoms with Crippen molar-refractivity contribution in [3.63, 3.8) is 0 Å². The van der Waals surface area contributed by atoms with E-state index in [1.165, 1.54) is 0 Å². The summed E-state index contributed by atoms with van der Waals surface area (Å²) in [5.74, 6) is 0. The summed E-state index contributed by atoms with van der Waals surface area (Å²) in [6.45, 7) is 2.11. The fourth-order valence-electron chi connectivity index (χ4n) is 2.86. The molecule has 0 unspecified atom stereocenters. The fraction of sp³-hybridized carbons (Fsp3) is 0.588. The highest BCUT2D eigenvalue weighted by Gasteiger charge is 2.25. The third-order valence-corrected chi connectivity index (χ3v) is 4.31. The topological polar surface area (TPSA) is 44.8 Å². The molecule has 22 heavy (non-hydrogen) atoms. The Morgan fingerprint density at radius 2 is 2.14 bits per heavy atom. The van der Waals surface area contributed by atoms with Crippen LogP contribution in [0.25, 0.3) is 0 Å². The molecule has 1 saturated heterocycles. The number of nitrogens with one attached hydrogen (secondary N) is 1. The minimum absolute atomic E-state index is 0.00420. The van der Waals surface area contributed by atoms with E-state index in [0.29, 0.717) is 12.6 Å². The van der Waals surface area contributed by atoms with E-state index in [9.17, 15) is 4.79 Å². The van der Waals surface area contributed by atoms with Gasteiger partial charge in [-0.05, 0) is 32.5 Å². The van der Waals surface area contributed by atoms with Crippen molar-refractivity contribution in [2.45, 2.75) is 25.0 Å². The van der Waals surface area contributed by atoms with Crippen molar-refractivity contribution in [1.29, 1.82) is 0 Å². The highest BCUT2D eigenvalue weighted by molar-refractivity contribution is 5.74. The molecule has 1 aromatic carbocycles. The number of rotatable bonds is 5. The van der Waals surface area contributed by atoms with Gasteiger partial charge in [0, 0.05) is 32.8 Å². The summed E-state index contributed by atoms with van der Waals surface area (Å²) in [5.41, 5.74) is 1.08. The molecule has 1 aliphatic heterocycles. The van der Waals surface area contributed by atoms with Crippen LogP contribution < -0.4 is 5.32 Å². The Kier molecular flexibility index (Phi) is 6.21. The van der Waals surface area contributed by atoms with Gasteiger partial charge in [0.15, 0.2) is 0 Å². The average molecular weight is 305 g/mol. The molecule has 5 heteroatoms. The monoisotopic (exact) mass is 305 g/mol. The number of piperidine rings is 1. The van der Waals surface area contributed by atoms with Crippen molar-refractivity contribution in [1.82, 2.24) is 15.1 Å². The van der Waals surface area contributed by atoms with Crippen molar-refractivity contribution >= 4 is 6.03 Å². The molecule has 2 rings (SSSR count). The van der Waals surface area contributed by atoms with Gasteiger partial charge in [-0.1, -0.05) is 30.3 Å². The lowest BCUT2D eigenvalue weighted by atomic mass is 10.1. The molecule has 0 aliphatic carbocycles. The van der Waals surface area contributed by atoms with E-state index in [-0.39, 0.29) is 12.1 Å². The zero-order chi connectivity index (χ0) is 15.9. The number of urea groups is 1. The van der Waals surface area contributed by atoms with Crippen molar-refractivity contribution in [2.75, 3.05) is 40.8 Å². The molecule has 1 heterocycles. The van der Waals surface area contributed by atoms with E-state index >= 15 is 0 Å². The smallest absolute Gasteiger partial charge is 0.317 e. The second kappa shape index (κ2) is 8.15. The number of methoxy groups -OCH3 is 1. The zero-order valence-electron chi connectivity index (χ0n) is 13.8. The molecule has 1 aromatic rings. The SMILES string of the molecule is CO[C@@H](CNC(=O)N1CCC[C@@H](N(C)C)C1)c1ccccc1. The Labute approximate surface area is 133 Å². The van der Waals surface area contributed by atoms with E-state index < -0.39 is 0 Å². The number of hydrogen-bond acceptors (Lipinski definition) is 3. The predicted molar refractivity (Wildman–Crippen MR) is 87.9 cm³/mol. The quantitative estimate of drug-likeness (QED) is 0.906. The van der Waals surface area contributed by atoms with Crippen LogP contribution >= 0.6 is 0 Å². The maximum atomic E-state index is 12.4. The Hall–Kier alpha value is -1.59. The molecular formula is C17H27N3O2. The van der Waals surface area contributed by atoms with Crippen LogP contribution in [-0.2, 0) is 4.74 Å². The first-order valence-corrected chi connectivity index (χ1v) is 7.88. The molecule has 122 valence electrons. The van der Waals surface area contributed by atoms with Crippen LogP contribution in [0.3, 0.4) is 0 Å². The summed E-state index contributed by atoms with van der Waals surface area (Å²) >= 11 is 0. The number of nitrogens with zero attached hydrogens (tertiary/aromatic N) is 2. The zero-order valence-corrected chi connectivity index (χ0v) is 13.8. The predicted octanol–water partition coefficient (Wildman–Crippen LogP) is 2.11. The molecule has 1 N–H and O–H groups in total. The summed E-state index contributed by atoms with van der Waals surface area (Å²) in [6.07, 6.45) is 2.10. The van der Waals surface area contributed by atoms with Gasteiger partial charge < -0.3 is 19.9 Å². The van der Waals surface area contributed by atoms with E-state index in [0.717, 1.165) is 31.5 Å². The molecule has 0 spiro atoms. The minimum atomic E-state index is -0.111. The van der Waals surface area contributed by atoms with Gasteiger partial charge >= 0.3 is 6.03 Å². The molecule has 5 nitrogen and oxygen atoms in total. The first kappa shape index (κ1) is 16.8. The van der Waals surface area contributed by atoms with Gasteiger partial charge in [0.05, 0.1) is 6.10 Å². The van der Waals surface area contributed by atoms with Gasteiger partial charge in [-0.3, -0.25) is 0 Å². The van der Waals surface area contributed by atoms with Gasteiger partial charge in [-0.2, -0.15) is 0 Å². The Balaban J connectivity index is 1.86. The maximum absolute atomic E-state index is 12.4. The Morgan fingerprint density at radius 1 is 1.41 bits per heavy atom. The molecule has 1 fully saturated rings. The van der Waals surface area contributed by atoms with Crippen LogP contribution in [0.5, 0.6) is 0 Å². The van der Waals surface area contributed by atoms with Gasteiger partial charge in [-0.15, -0.1) is 0 Å². The Morgan fingerprint density at radius 3 is 2.77 bits per heavy atom. The summed E-state index contributed by atoms with van der Waals surface area (Å²) in [6, 6.07) is 10.4. The van der Waals surface area contributed by atoms with Crippen LogP contribution in [0.4, 0.5) is 4.79 Å². The van der Waals surface area contributed by atoms with Gasteiger partial charge in [0.2, 0.25) is 0 Å². The highest BCUT2D eigenvalue weighted by Crippen LogP contribution is 2.16. The summed E-state index contributed by atoms with van der Waals surface area (Å²) in [7, 11) is 5.82. The van der Waals surface area contributed by atoms with Crippen molar-refractivity contribution in [3.8, 4) is 0 Å². The third-order valence-electron chi connectivity index (χ3n) is 4.31. The molecule has 2 atom stereocenters. The Bertz CT molecular complexity index is 464. The normalized spacial score (nSPS) is 20.0. The maximum Gasteiger partial charge on any atom is 0.317 e. The largest absolute Gasteiger partial charge is 0.375 e. The lowest BCUT2D eigenvalue weighted by Gasteiger charge is -2.36. The number of ether oxygens (including phenoxy) is 1. The van der Waals surface area contributed by atoms with Crippen LogP contribution in [0.2, 0.25) is 0 Å². The molecule has 1 aliphatic rings. The second-order valence-corrected chi connectivity index (χ2v) is 6.03. The molecule has 0 radical (unpaired) electrons. The minimum Gasteiger partial charge on any atom is -0.375 e. The molecular weight excluding hydrogens is 278 g/mol. The van der Waals surface area contributed by atoms with Gasteiger partial charge in [-0.25, -0.2) is 4.79 Å². The second-order valence-electron chi connectivity index (χ2n) is 6.03. The molecule has 2 amide bonds. The van der Waals surface area contributed by atoms with E-state index in [2.05, 4.69) is 24.3 Å². The third kappa shape index (κ3) is 4.45.